The lowest BCUT2D eigenvalue weighted by Crippen LogP contribution is -2.00. The zero-order chi connectivity index (χ0) is 23.8. The minimum absolute atomic E-state index is 0.108. The number of aryl methyl sites for hydroxylation is 2. The highest BCUT2D eigenvalue weighted by molar-refractivity contribution is 5.76. The van der Waals surface area contributed by atoms with Crippen molar-refractivity contribution < 1.29 is 14.2 Å². The number of nitro groups is 2. The normalized spacial score (nSPS) is 9.53. The molecule has 0 fully saturated rings. The van der Waals surface area contributed by atoms with Crippen LogP contribution in [0.4, 0.5) is 27.1 Å². The number of nitrogens with zero attached hydrogens (tertiary/aromatic N) is 4. The Balaban J connectivity index is 0.000000258. The Morgan fingerprint density at radius 1 is 0.844 bits per heavy atom. The fraction of sp³-hybridized carbons (Fsp3) is 0.0909. The first-order valence-electron chi connectivity index (χ1n) is 9.03. The minimum atomic E-state index is -1.08. The van der Waals surface area contributed by atoms with E-state index in [4.69, 9.17) is 10.5 Å². The number of halogens is 1. The van der Waals surface area contributed by atoms with Gasteiger partial charge in [-0.3, -0.25) is 20.2 Å². The highest BCUT2D eigenvalue weighted by Crippen LogP contribution is 2.31. The standard InChI is InChI=1S/C15H13N3O2.C7H3FN2O2/c1-10-6-11(2)8-13(7-10)17-15-12(9-16)4-3-5-14(15)18(19)20;8-7-5(4-9)2-1-3-6(7)10(11)12/h3-8,17H,1-2H3;1-3H. The fourth-order valence-electron chi connectivity index (χ4n) is 2.86. The van der Waals surface area contributed by atoms with Gasteiger partial charge >= 0.3 is 5.69 Å². The molecule has 0 heterocycles. The number of hydrogen-bond acceptors (Lipinski definition) is 7. The summed E-state index contributed by atoms with van der Waals surface area (Å²) in [5.74, 6) is -1.08. The first-order chi connectivity index (χ1) is 15.2. The molecule has 0 bridgehead atoms. The molecule has 0 radical (unpaired) electrons. The van der Waals surface area contributed by atoms with Crippen LogP contribution >= 0.6 is 0 Å². The summed E-state index contributed by atoms with van der Waals surface area (Å²) in [6.07, 6.45) is 0. The zero-order valence-corrected chi connectivity index (χ0v) is 17.0. The molecule has 0 aliphatic heterocycles. The number of anilines is 2. The third kappa shape index (κ3) is 5.62. The van der Waals surface area contributed by atoms with Crippen LogP contribution in [0.2, 0.25) is 0 Å². The first kappa shape index (κ1) is 23.4. The van der Waals surface area contributed by atoms with E-state index in [2.05, 4.69) is 5.32 Å². The van der Waals surface area contributed by atoms with E-state index >= 15 is 0 Å². The largest absolute Gasteiger partial charge is 0.349 e. The summed E-state index contributed by atoms with van der Waals surface area (Å²) in [7, 11) is 0. The molecule has 160 valence electrons. The van der Waals surface area contributed by atoms with Crippen LogP contribution in [0.1, 0.15) is 22.3 Å². The molecule has 9 nitrogen and oxygen atoms in total. The van der Waals surface area contributed by atoms with Gasteiger partial charge < -0.3 is 5.32 Å². The van der Waals surface area contributed by atoms with Crippen LogP contribution < -0.4 is 5.32 Å². The van der Waals surface area contributed by atoms with Crippen molar-refractivity contribution in [1.29, 1.82) is 10.5 Å². The van der Waals surface area contributed by atoms with Gasteiger partial charge in [0.1, 0.15) is 17.8 Å². The van der Waals surface area contributed by atoms with Crippen molar-refractivity contribution in [1.82, 2.24) is 0 Å². The topological polar surface area (TPSA) is 146 Å². The van der Waals surface area contributed by atoms with Gasteiger partial charge in [0.25, 0.3) is 5.69 Å². The second-order valence-corrected chi connectivity index (χ2v) is 6.58. The lowest BCUT2D eigenvalue weighted by Gasteiger charge is -2.10. The van der Waals surface area contributed by atoms with Crippen molar-refractivity contribution in [2.24, 2.45) is 0 Å². The maximum absolute atomic E-state index is 12.9. The molecule has 3 rings (SSSR count). The van der Waals surface area contributed by atoms with Crippen LogP contribution in [0.15, 0.2) is 54.6 Å². The summed E-state index contributed by atoms with van der Waals surface area (Å²) >= 11 is 0. The van der Waals surface area contributed by atoms with E-state index in [9.17, 15) is 24.6 Å². The molecular formula is C22H16FN5O4. The highest BCUT2D eigenvalue weighted by atomic mass is 19.1. The molecule has 0 spiro atoms. The molecule has 0 unspecified atom stereocenters. The molecular weight excluding hydrogens is 417 g/mol. The molecule has 3 aromatic rings. The van der Waals surface area contributed by atoms with Gasteiger partial charge in [0, 0.05) is 17.8 Å². The molecule has 1 N–H and O–H groups in total. The number of hydrogen-bond donors (Lipinski definition) is 1. The van der Waals surface area contributed by atoms with Gasteiger partial charge in [0.15, 0.2) is 0 Å². The molecule has 0 aromatic heterocycles. The summed E-state index contributed by atoms with van der Waals surface area (Å²) in [5, 5.41) is 41.6. The van der Waals surface area contributed by atoms with Gasteiger partial charge in [-0.15, -0.1) is 0 Å². The zero-order valence-electron chi connectivity index (χ0n) is 17.0. The molecule has 3 aromatic carbocycles. The van der Waals surface area contributed by atoms with Crippen LogP contribution in [-0.2, 0) is 0 Å². The van der Waals surface area contributed by atoms with Crippen molar-refractivity contribution in [2.75, 3.05) is 5.32 Å². The number of nitrogens with one attached hydrogen (secondary N) is 1. The summed E-state index contributed by atoms with van der Waals surface area (Å²) in [4.78, 5) is 19.9. The van der Waals surface area contributed by atoms with Gasteiger partial charge in [-0.1, -0.05) is 18.2 Å². The van der Waals surface area contributed by atoms with Gasteiger partial charge in [0.2, 0.25) is 5.82 Å². The minimum Gasteiger partial charge on any atom is -0.349 e. The van der Waals surface area contributed by atoms with E-state index in [0.29, 0.717) is 0 Å². The van der Waals surface area contributed by atoms with Crippen LogP contribution in [-0.4, -0.2) is 9.85 Å². The number of para-hydroxylation sites is 1. The second-order valence-electron chi connectivity index (χ2n) is 6.58. The van der Waals surface area contributed by atoms with E-state index in [1.54, 1.807) is 6.07 Å². The second kappa shape index (κ2) is 10.3. The summed E-state index contributed by atoms with van der Waals surface area (Å²) in [5.41, 5.74) is 2.20. The first-order valence-corrected chi connectivity index (χ1v) is 9.03. The van der Waals surface area contributed by atoms with Crippen LogP contribution in [0.25, 0.3) is 0 Å². The van der Waals surface area contributed by atoms with Crippen molar-refractivity contribution in [3.05, 3.63) is 103 Å². The summed E-state index contributed by atoms with van der Waals surface area (Å²) < 4.78 is 12.9. The van der Waals surface area contributed by atoms with Gasteiger partial charge in [-0.05, 0) is 49.2 Å². The Labute approximate surface area is 182 Å². The average molecular weight is 433 g/mol. The van der Waals surface area contributed by atoms with Gasteiger partial charge in [0.05, 0.1) is 21.0 Å². The highest BCUT2D eigenvalue weighted by Gasteiger charge is 2.18. The lowest BCUT2D eigenvalue weighted by atomic mass is 10.1. The summed E-state index contributed by atoms with van der Waals surface area (Å²) in [6.45, 7) is 3.89. The quantitative estimate of drug-likeness (QED) is 0.426. The predicted octanol–water partition coefficient (Wildman–Crippen LogP) is 5.43. The van der Waals surface area contributed by atoms with Crippen molar-refractivity contribution in [3.63, 3.8) is 0 Å². The molecule has 0 aliphatic carbocycles. The molecule has 0 saturated heterocycles. The van der Waals surface area contributed by atoms with E-state index in [1.165, 1.54) is 30.3 Å². The van der Waals surface area contributed by atoms with Gasteiger partial charge in [-0.2, -0.15) is 14.9 Å². The van der Waals surface area contributed by atoms with E-state index in [1.807, 2.05) is 38.1 Å². The van der Waals surface area contributed by atoms with Crippen molar-refractivity contribution in [2.45, 2.75) is 13.8 Å². The smallest absolute Gasteiger partial charge is 0.306 e. The summed E-state index contributed by atoms with van der Waals surface area (Å²) in [6, 6.07) is 17.1. The Bertz CT molecular complexity index is 1260. The molecule has 0 aliphatic rings. The Hall–Kier alpha value is -4.83. The number of rotatable bonds is 4. The molecule has 32 heavy (non-hydrogen) atoms. The maximum atomic E-state index is 12.9. The van der Waals surface area contributed by atoms with Crippen molar-refractivity contribution in [3.8, 4) is 12.1 Å². The molecule has 0 saturated carbocycles. The van der Waals surface area contributed by atoms with E-state index in [-0.39, 0.29) is 22.5 Å². The van der Waals surface area contributed by atoms with Crippen molar-refractivity contribution >= 4 is 22.7 Å². The Morgan fingerprint density at radius 3 is 1.84 bits per heavy atom. The van der Waals surface area contributed by atoms with Crippen LogP contribution in [0, 0.1) is 62.6 Å². The number of benzene rings is 3. The third-order valence-corrected chi connectivity index (χ3v) is 4.15. The Kier molecular flexibility index (Phi) is 7.53. The Morgan fingerprint density at radius 2 is 1.34 bits per heavy atom. The predicted molar refractivity (Wildman–Crippen MR) is 115 cm³/mol. The lowest BCUT2D eigenvalue weighted by molar-refractivity contribution is -0.387. The van der Waals surface area contributed by atoms with Crippen LogP contribution in [0.3, 0.4) is 0 Å². The third-order valence-electron chi connectivity index (χ3n) is 4.15. The monoisotopic (exact) mass is 433 g/mol. The molecule has 0 atom stereocenters. The van der Waals surface area contributed by atoms with Crippen LogP contribution in [0.5, 0.6) is 0 Å². The number of nitro benzene ring substituents is 2. The molecule has 10 heteroatoms. The SMILES string of the molecule is Cc1cc(C)cc(Nc2c(C#N)cccc2[N+](=O)[O-])c1.N#Cc1cccc([N+](=O)[O-])c1F. The number of nitriles is 2. The van der Waals surface area contributed by atoms with E-state index < -0.39 is 21.4 Å². The fourth-order valence-corrected chi connectivity index (χ4v) is 2.86. The maximum Gasteiger partial charge on any atom is 0.306 e. The average Bonchev–Trinajstić information content (AvgIpc) is 2.73. The van der Waals surface area contributed by atoms with Gasteiger partial charge in [-0.25, -0.2) is 0 Å². The molecule has 0 amide bonds. The van der Waals surface area contributed by atoms with E-state index in [0.717, 1.165) is 22.9 Å².